The highest BCUT2D eigenvalue weighted by Crippen LogP contribution is 2.16. The van der Waals surface area contributed by atoms with Crippen molar-refractivity contribution in [3.8, 4) is 0 Å². The molecule has 4 heteroatoms. The van der Waals surface area contributed by atoms with E-state index in [4.69, 9.17) is 9.47 Å². The van der Waals surface area contributed by atoms with Crippen LogP contribution < -0.4 is 0 Å². The lowest BCUT2D eigenvalue weighted by atomic mass is 9.99. The summed E-state index contributed by atoms with van der Waals surface area (Å²) in [4.78, 5) is 22.9. The maximum atomic E-state index is 11.5. The van der Waals surface area contributed by atoms with Crippen molar-refractivity contribution in [1.82, 2.24) is 0 Å². The lowest BCUT2D eigenvalue weighted by molar-refractivity contribution is -0.145. The highest BCUT2D eigenvalue weighted by molar-refractivity contribution is 5.69. The zero-order chi connectivity index (χ0) is 20.2. The molecule has 0 aromatic rings. The molecular formula is C23H44O4. The van der Waals surface area contributed by atoms with E-state index in [1.165, 1.54) is 51.4 Å². The van der Waals surface area contributed by atoms with Gasteiger partial charge in [-0.2, -0.15) is 0 Å². The number of unbranched alkanes of at least 4 members (excludes halogenated alkanes) is 9. The molecule has 0 spiro atoms. The molecule has 0 aliphatic carbocycles. The Balaban J connectivity index is 3.26. The van der Waals surface area contributed by atoms with E-state index in [0.717, 1.165) is 32.1 Å². The highest BCUT2D eigenvalue weighted by atomic mass is 16.5. The molecule has 0 saturated heterocycles. The molecule has 0 amide bonds. The largest absolute Gasteiger partial charge is 0.466 e. The third-order valence-corrected chi connectivity index (χ3v) is 4.78. The Labute approximate surface area is 167 Å². The number of ether oxygens (including phenoxy) is 2. The van der Waals surface area contributed by atoms with Crippen LogP contribution in [0.2, 0.25) is 0 Å². The Hall–Kier alpha value is -1.06. The molecule has 0 fully saturated rings. The number of hydrogen-bond acceptors (Lipinski definition) is 4. The highest BCUT2D eigenvalue weighted by Gasteiger charge is 2.09. The maximum absolute atomic E-state index is 11.5. The van der Waals surface area contributed by atoms with Crippen LogP contribution in [0.4, 0.5) is 0 Å². The Kier molecular flexibility index (Phi) is 18.9. The van der Waals surface area contributed by atoms with E-state index in [1.54, 1.807) is 0 Å². The standard InChI is InChI=1S/C23H44O4/c1-4-18-26-22(24)17-15-13-11-9-7-6-8-10-12-14-16-21(3)20-23(25)27-19-5-2/h21H,4-20H2,1-3H3. The molecule has 0 saturated carbocycles. The molecule has 0 rings (SSSR count). The summed E-state index contributed by atoms with van der Waals surface area (Å²) in [7, 11) is 0. The average molecular weight is 385 g/mol. The molecule has 0 bridgehead atoms. The summed E-state index contributed by atoms with van der Waals surface area (Å²) in [5, 5.41) is 0. The first-order valence-electron chi connectivity index (χ1n) is 11.4. The third-order valence-electron chi connectivity index (χ3n) is 4.78. The van der Waals surface area contributed by atoms with Gasteiger partial charge in [-0.3, -0.25) is 9.59 Å². The van der Waals surface area contributed by atoms with E-state index < -0.39 is 0 Å². The van der Waals surface area contributed by atoms with Crippen molar-refractivity contribution in [3.63, 3.8) is 0 Å². The molecule has 0 aliphatic rings. The van der Waals surface area contributed by atoms with Crippen LogP contribution in [0, 0.1) is 5.92 Å². The van der Waals surface area contributed by atoms with E-state index in [1.807, 2.05) is 13.8 Å². The van der Waals surface area contributed by atoms with Gasteiger partial charge in [0.15, 0.2) is 0 Å². The smallest absolute Gasteiger partial charge is 0.306 e. The van der Waals surface area contributed by atoms with Gasteiger partial charge in [0.25, 0.3) is 0 Å². The van der Waals surface area contributed by atoms with Gasteiger partial charge in [0.1, 0.15) is 0 Å². The monoisotopic (exact) mass is 384 g/mol. The fraction of sp³-hybridized carbons (Fsp3) is 0.913. The first-order valence-corrected chi connectivity index (χ1v) is 11.4. The second kappa shape index (κ2) is 19.7. The Morgan fingerprint density at radius 2 is 1.11 bits per heavy atom. The zero-order valence-electron chi connectivity index (χ0n) is 18.2. The summed E-state index contributed by atoms with van der Waals surface area (Å²) in [6, 6.07) is 0. The molecule has 0 N–H and O–H groups in total. The quantitative estimate of drug-likeness (QED) is 0.186. The van der Waals surface area contributed by atoms with E-state index >= 15 is 0 Å². The number of hydrogen-bond donors (Lipinski definition) is 0. The maximum Gasteiger partial charge on any atom is 0.306 e. The second-order valence-electron chi connectivity index (χ2n) is 7.82. The van der Waals surface area contributed by atoms with Crippen molar-refractivity contribution in [1.29, 1.82) is 0 Å². The molecule has 1 atom stereocenters. The lowest BCUT2D eigenvalue weighted by Crippen LogP contribution is -2.10. The topological polar surface area (TPSA) is 52.6 Å². The van der Waals surface area contributed by atoms with E-state index in [-0.39, 0.29) is 11.9 Å². The normalized spacial score (nSPS) is 12.0. The van der Waals surface area contributed by atoms with Crippen LogP contribution in [0.15, 0.2) is 0 Å². The predicted octanol–water partition coefficient (Wildman–Crippen LogP) is 6.60. The zero-order valence-corrected chi connectivity index (χ0v) is 18.2. The minimum atomic E-state index is -0.0396. The van der Waals surface area contributed by atoms with Gasteiger partial charge < -0.3 is 9.47 Å². The SMILES string of the molecule is CCCOC(=O)CCCCCCCCCCCCC(C)CC(=O)OCCC. The fourth-order valence-corrected chi connectivity index (χ4v) is 3.13. The number of esters is 2. The molecular weight excluding hydrogens is 340 g/mol. The minimum absolute atomic E-state index is 0.0379. The Bertz CT molecular complexity index is 354. The molecule has 0 aromatic carbocycles. The van der Waals surface area contributed by atoms with Gasteiger partial charge >= 0.3 is 11.9 Å². The summed E-state index contributed by atoms with van der Waals surface area (Å²) in [5.41, 5.74) is 0. The van der Waals surface area contributed by atoms with Gasteiger partial charge in [0, 0.05) is 12.8 Å². The molecule has 160 valence electrons. The molecule has 0 aromatic heterocycles. The molecule has 0 aliphatic heterocycles. The van der Waals surface area contributed by atoms with Crippen molar-refractivity contribution in [2.75, 3.05) is 13.2 Å². The number of rotatable bonds is 19. The average Bonchev–Trinajstić information content (AvgIpc) is 2.65. The van der Waals surface area contributed by atoms with Crippen molar-refractivity contribution in [3.05, 3.63) is 0 Å². The van der Waals surface area contributed by atoms with Gasteiger partial charge in [-0.1, -0.05) is 85.0 Å². The van der Waals surface area contributed by atoms with Crippen LogP contribution in [-0.4, -0.2) is 25.2 Å². The first-order chi connectivity index (χ1) is 13.1. The van der Waals surface area contributed by atoms with Gasteiger partial charge in [0.2, 0.25) is 0 Å². The molecule has 0 heterocycles. The van der Waals surface area contributed by atoms with Crippen LogP contribution in [0.3, 0.4) is 0 Å². The van der Waals surface area contributed by atoms with Gasteiger partial charge in [-0.15, -0.1) is 0 Å². The molecule has 27 heavy (non-hydrogen) atoms. The number of carbonyl (C=O) groups is 2. The molecule has 4 nitrogen and oxygen atoms in total. The van der Waals surface area contributed by atoms with Crippen molar-refractivity contribution in [2.24, 2.45) is 5.92 Å². The van der Waals surface area contributed by atoms with Crippen molar-refractivity contribution in [2.45, 2.75) is 117 Å². The Morgan fingerprint density at radius 1 is 0.667 bits per heavy atom. The number of carbonyl (C=O) groups excluding carboxylic acids is 2. The van der Waals surface area contributed by atoms with E-state index in [0.29, 0.717) is 32.0 Å². The van der Waals surface area contributed by atoms with Crippen molar-refractivity contribution < 1.29 is 19.1 Å². The third kappa shape index (κ3) is 19.5. The summed E-state index contributed by atoms with van der Waals surface area (Å²) in [5.74, 6) is 0.361. The lowest BCUT2D eigenvalue weighted by Gasteiger charge is -2.10. The van der Waals surface area contributed by atoms with Gasteiger partial charge in [-0.05, 0) is 25.2 Å². The van der Waals surface area contributed by atoms with Crippen LogP contribution in [0.1, 0.15) is 117 Å². The molecule has 0 radical (unpaired) electrons. The summed E-state index contributed by atoms with van der Waals surface area (Å²) < 4.78 is 10.2. The van der Waals surface area contributed by atoms with Crippen LogP contribution >= 0.6 is 0 Å². The van der Waals surface area contributed by atoms with E-state index in [2.05, 4.69) is 6.92 Å². The minimum Gasteiger partial charge on any atom is -0.466 e. The summed E-state index contributed by atoms with van der Waals surface area (Å²) in [6.07, 6.45) is 16.4. The second-order valence-corrected chi connectivity index (χ2v) is 7.82. The first kappa shape index (κ1) is 25.9. The van der Waals surface area contributed by atoms with Crippen LogP contribution in [0.5, 0.6) is 0 Å². The van der Waals surface area contributed by atoms with Gasteiger partial charge in [0.05, 0.1) is 13.2 Å². The van der Waals surface area contributed by atoms with Crippen molar-refractivity contribution >= 4 is 11.9 Å². The fourth-order valence-electron chi connectivity index (χ4n) is 3.13. The van der Waals surface area contributed by atoms with E-state index in [9.17, 15) is 9.59 Å². The summed E-state index contributed by atoms with van der Waals surface area (Å²) in [6.45, 7) is 7.29. The summed E-state index contributed by atoms with van der Waals surface area (Å²) >= 11 is 0. The van der Waals surface area contributed by atoms with Gasteiger partial charge in [-0.25, -0.2) is 0 Å². The molecule has 1 unspecified atom stereocenters. The predicted molar refractivity (Wildman–Crippen MR) is 112 cm³/mol. The van der Waals surface area contributed by atoms with Crippen LogP contribution in [-0.2, 0) is 19.1 Å². The Morgan fingerprint density at radius 3 is 1.63 bits per heavy atom. The van der Waals surface area contributed by atoms with Crippen LogP contribution in [0.25, 0.3) is 0 Å².